The molecule has 2 nitrogen and oxygen atoms in total. The number of nitrogens with two attached hydrogens (primary N) is 1. The molecule has 82 valence electrons. The third-order valence-corrected chi connectivity index (χ3v) is 2.59. The number of allylic oxidation sites excluding steroid dienone is 1. The van der Waals surface area contributed by atoms with Gasteiger partial charge in [-0.25, -0.2) is 0 Å². The van der Waals surface area contributed by atoms with Gasteiger partial charge in [-0.05, 0) is 37.8 Å². The van der Waals surface area contributed by atoms with Crippen molar-refractivity contribution in [1.82, 2.24) is 0 Å². The molecule has 0 aromatic carbocycles. The Balaban J connectivity index is 3.78. The summed E-state index contributed by atoms with van der Waals surface area (Å²) < 4.78 is 0. The molecular formula is C12H23NO. The van der Waals surface area contributed by atoms with Crippen molar-refractivity contribution >= 4 is 5.78 Å². The number of unbranched alkanes of at least 4 members (excludes halogenated alkanes) is 1. The number of ketones is 1. The minimum absolute atomic E-state index is 0.213. The molecule has 0 saturated carbocycles. The summed E-state index contributed by atoms with van der Waals surface area (Å²) in [6, 6.07) is 0. The smallest absolute Gasteiger partial charge is 0.158 e. The van der Waals surface area contributed by atoms with Gasteiger partial charge in [0.2, 0.25) is 0 Å². The van der Waals surface area contributed by atoms with Crippen LogP contribution in [0.1, 0.15) is 46.0 Å². The molecule has 0 radical (unpaired) electrons. The zero-order chi connectivity index (χ0) is 11.0. The molecule has 0 amide bonds. The Kier molecular flexibility index (Phi) is 7.40. The summed E-state index contributed by atoms with van der Waals surface area (Å²) in [6.45, 7) is 8.35. The van der Waals surface area contributed by atoms with Crippen LogP contribution in [-0.4, -0.2) is 12.3 Å². The molecule has 0 fully saturated rings. The lowest BCUT2D eigenvalue weighted by atomic mass is 9.92. The van der Waals surface area contributed by atoms with Gasteiger partial charge in [-0.1, -0.05) is 26.3 Å². The normalized spacial score (nSPS) is 12.5. The summed E-state index contributed by atoms with van der Waals surface area (Å²) in [7, 11) is 0. The largest absolute Gasteiger partial charge is 0.330 e. The molecule has 14 heavy (non-hydrogen) atoms. The average Bonchev–Trinajstić information content (AvgIpc) is 2.16. The lowest BCUT2D eigenvalue weighted by Gasteiger charge is -2.13. The number of carbonyl (C=O) groups is 1. The van der Waals surface area contributed by atoms with Gasteiger partial charge in [0, 0.05) is 6.42 Å². The second-order valence-corrected chi connectivity index (χ2v) is 3.97. The van der Waals surface area contributed by atoms with Gasteiger partial charge in [-0.2, -0.15) is 0 Å². The van der Waals surface area contributed by atoms with E-state index in [9.17, 15) is 4.79 Å². The highest BCUT2D eigenvalue weighted by molar-refractivity contribution is 5.94. The van der Waals surface area contributed by atoms with E-state index in [1.165, 1.54) is 0 Å². The SMILES string of the molecule is C=C(C)C(=O)CC(CC)CCCCN. The Morgan fingerprint density at radius 3 is 2.50 bits per heavy atom. The van der Waals surface area contributed by atoms with Crippen molar-refractivity contribution in [2.24, 2.45) is 11.7 Å². The molecule has 0 rings (SSSR count). The lowest BCUT2D eigenvalue weighted by molar-refractivity contribution is -0.116. The highest BCUT2D eigenvalue weighted by Gasteiger charge is 2.11. The second-order valence-electron chi connectivity index (χ2n) is 3.97. The van der Waals surface area contributed by atoms with E-state index in [2.05, 4.69) is 13.5 Å². The summed E-state index contributed by atoms with van der Waals surface area (Å²) in [4.78, 5) is 11.4. The molecule has 0 aromatic heterocycles. The van der Waals surface area contributed by atoms with E-state index < -0.39 is 0 Å². The maximum absolute atomic E-state index is 11.4. The van der Waals surface area contributed by atoms with Crippen molar-refractivity contribution in [2.75, 3.05) is 6.54 Å². The Bertz CT molecular complexity index is 187. The van der Waals surface area contributed by atoms with Gasteiger partial charge in [0.25, 0.3) is 0 Å². The minimum Gasteiger partial charge on any atom is -0.330 e. The highest BCUT2D eigenvalue weighted by atomic mass is 16.1. The molecule has 2 heteroatoms. The Morgan fingerprint density at radius 1 is 1.43 bits per heavy atom. The standard InChI is InChI=1S/C12H23NO/c1-4-11(7-5-6-8-13)9-12(14)10(2)3/h11H,2,4-9,13H2,1,3H3. The van der Waals surface area contributed by atoms with E-state index in [0.717, 1.165) is 32.2 Å². The van der Waals surface area contributed by atoms with Crippen LogP contribution in [0.3, 0.4) is 0 Å². The molecule has 0 aliphatic rings. The predicted octanol–water partition coefficient (Wildman–Crippen LogP) is 2.68. The first-order valence-electron chi connectivity index (χ1n) is 5.50. The fourth-order valence-corrected chi connectivity index (χ4v) is 1.46. The molecule has 0 spiro atoms. The Hall–Kier alpha value is -0.630. The van der Waals surface area contributed by atoms with Crippen LogP contribution >= 0.6 is 0 Å². The monoisotopic (exact) mass is 197 g/mol. The van der Waals surface area contributed by atoms with Crippen molar-refractivity contribution in [3.63, 3.8) is 0 Å². The highest BCUT2D eigenvalue weighted by Crippen LogP contribution is 2.18. The number of Topliss-reactive ketones (excluding diaryl/α,β-unsaturated/α-hetero) is 1. The van der Waals surface area contributed by atoms with Crippen LogP contribution in [0.5, 0.6) is 0 Å². The number of hydrogen-bond acceptors (Lipinski definition) is 2. The van der Waals surface area contributed by atoms with E-state index in [4.69, 9.17) is 5.73 Å². The summed E-state index contributed by atoms with van der Waals surface area (Å²) in [5.41, 5.74) is 6.11. The van der Waals surface area contributed by atoms with Crippen LogP contribution in [0, 0.1) is 5.92 Å². The maximum Gasteiger partial charge on any atom is 0.158 e. The molecule has 0 aromatic rings. The van der Waals surface area contributed by atoms with Crippen molar-refractivity contribution < 1.29 is 4.79 Å². The van der Waals surface area contributed by atoms with Crippen LogP contribution in [-0.2, 0) is 4.79 Å². The third kappa shape index (κ3) is 5.92. The number of carbonyl (C=O) groups excluding carboxylic acids is 1. The molecule has 0 aliphatic heterocycles. The molecule has 0 saturated heterocycles. The zero-order valence-electron chi connectivity index (χ0n) is 9.51. The quantitative estimate of drug-likeness (QED) is 0.480. The topological polar surface area (TPSA) is 43.1 Å². The van der Waals surface area contributed by atoms with Gasteiger partial charge >= 0.3 is 0 Å². The Morgan fingerprint density at radius 2 is 2.07 bits per heavy atom. The summed E-state index contributed by atoms with van der Waals surface area (Å²) in [5.74, 6) is 0.732. The summed E-state index contributed by atoms with van der Waals surface area (Å²) in [6.07, 6.45) is 5.06. The molecule has 0 bridgehead atoms. The van der Waals surface area contributed by atoms with Crippen LogP contribution in [0.4, 0.5) is 0 Å². The van der Waals surface area contributed by atoms with Crippen LogP contribution in [0.25, 0.3) is 0 Å². The van der Waals surface area contributed by atoms with Gasteiger partial charge in [0.05, 0.1) is 0 Å². The Labute approximate surface area is 87.6 Å². The lowest BCUT2D eigenvalue weighted by Crippen LogP contribution is -2.09. The fraction of sp³-hybridized carbons (Fsp3) is 0.750. The van der Waals surface area contributed by atoms with Crippen LogP contribution in [0.15, 0.2) is 12.2 Å². The molecule has 0 aliphatic carbocycles. The number of hydrogen-bond donors (Lipinski definition) is 1. The molecular weight excluding hydrogens is 174 g/mol. The minimum atomic E-state index is 0.213. The molecule has 0 heterocycles. The maximum atomic E-state index is 11.4. The van der Waals surface area contributed by atoms with E-state index in [-0.39, 0.29) is 5.78 Å². The summed E-state index contributed by atoms with van der Waals surface area (Å²) >= 11 is 0. The van der Waals surface area contributed by atoms with Crippen molar-refractivity contribution in [1.29, 1.82) is 0 Å². The van der Waals surface area contributed by atoms with Gasteiger partial charge in [-0.15, -0.1) is 0 Å². The van der Waals surface area contributed by atoms with Gasteiger partial charge in [0.15, 0.2) is 5.78 Å². The first-order valence-corrected chi connectivity index (χ1v) is 5.50. The number of rotatable bonds is 8. The van der Waals surface area contributed by atoms with Crippen molar-refractivity contribution in [3.8, 4) is 0 Å². The molecule has 2 N–H and O–H groups in total. The van der Waals surface area contributed by atoms with E-state index in [1.807, 2.05) is 0 Å². The fourth-order valence-electron chi connectivity index (χ4n) is 1.46. The second kappa shape index (κ2) is 7.74. The van der Waals surface area contributed by atoms with Gasteiger partial charge in [-0.3, -0.25) is 4.79 Å². The van der Waals surface area contributed by atoms with Crippen LogP contribution in [0.2, 0.25) is 0 Å². The van der Waals surface area contributed by atoms with Crippen LogP contribution < -0.4 is 5.73 Å². The predicted molar refractivity (Wildman–Crippen MR) is 61.1 cm³/mol. The summed E-state index contributed by atoms with van der Waals surface area (Å²) in [5, 5.41) is 0. The van der Waals surface area contributed by atoms with E-state index >= 15 is 0 Å². The van der Waals surface area contributed by atoms with Gasteiger partial charge in [0.1, 0.15) is 0 Å². The van der Waals surface area contributed by atoms with E-state index in [0.29, 0.717) is 17.9 Å². The van der Waals surface area contributed by atoms with Gasteiger partial charge < -0.3 is 5.73 Å². The third-order valence-electron chi connectivity index (χ3n) is 2.59. The van der Waals surface area contributed by atoms with Crippen molar-refractivity contribution in [2.45, 2.75) is 46.0 Å². The van der Waals surface area contributed by atoms with E-state index in [1.54, 1.807) is 6.92 Å². The first kappa shape index (κ1) is 13.4. The zero-order valence-corrected chi connectivity index (χ0v) is 9.51. The average molecular weight is 197 g/mol. The first-order chi connectivity index (χ1) is 6.61. The molecule has 1 atom stereocenters. The van der Waals surface area contributed by atoms with Crippen molar-refractivity contribution in [3.05, 3.63) is 12.2 Å². The molecule has 1 unspecified atom stereocenters.